The minimum Gasteiger partial charge on any atom is -0.321 e. The van der Waals surface area contributed by atoms with Gasteiger partial charge >= 0.3 is 0 Å². The molecule has 0 unspecified atom stereocenters. The van der Waals surface area contributed by atoms with Crippen molar-refractivity contribution in [2.75, 3.05) is 10.6 Å². The number of para-hydroxylation sites is 1. The van der Waals surface area contributed by atoms with E-state index in [0.29, 0.717) is 21.1 Å². The maximum atomic E-state index is 14.4. The van der Waals surface area contributed by atoms with E-state index < -0.39 is 5.92 Å². The predicted octanol–water partition coefficient (Wildman–Crippen LogP) is 4.92. The number of carbonyl (C=O) groups is 2. The van der Waals surface area contributed by atoms with Gasteiger partial charge in [-0.05, 0) is 41.8 Å². The number of hydrogen-bond donors (Lipinski definition) is 2. The summed E-state index contributed by atoms with van der Waals surface area (Å²) in [6.45, 7) is 1.85. The second-order valence-corrected chi connectivity index (χ2v) is 7.47. The zero-order valence-corrected chi connectivity index (χ0v) is 15.4. The molecule has 0 spiro atoms. The van der Waals surface area contributed by atoms with E-state index in [1.165, 1.54) is 17.4 Å². The Labute approximate surface area is 160 Å². The number of nitrogens with one attached hydrogen (secondary N) is 2. The minimum absolute atomic E-state index is 0.158. The summed E-state index contributed by atoms with van der Waals surface area (Å²) in [4.78, 5) is 25.5. The summed E-state index contributed by atoms with van der Waals surface area (Å²) >= 11 is 1.23. The number of benzene rings is 2. The molecule has 4 rings (SSSR count). The molecule has 0 radical (unpaired) electrons. The van der Waals surface area contributed by atoms with E-state index in [9.17, 15) is 14.0 Å². The molecule has 27 heavy (non-hydrogen) atoms. The number of hydrogen-bond acceptors (Lipinski definition) is 3. The van der Waals surface area contributed by atoms with Gasteiger partial charge < -0.3 is 10.6 Å². The molecule has 0 saturated carbocycles. The standard InChI is InChI=1S/C21H17FN2O2S/c1-12-18-15(14-9-5-6-10-16(14)22)11-17(25)24-21(18)27-19(12)20(26)23-13-7-3-2-4-8-13/h2-10,15H,11H2,1H3,(H,23,26)(H,24,25)/t15-/m1/s1. The molecule has 0 fully saturated rings. The van der Waals surface area contributed by atoms with Gasteiger partial charge in [-0.2, -0.15) is 0 Å². The van der Waals surface area contributed by atoms with E-state index in [1.54, 1.807) is 18.2 Å². The molecule has 2 heterocycles. The smallest absolute Gasteiger partial charge is 0.266 e. The Kier molecular flexibility index (Phi) is 4.49. The number of carbonyl (C=O) groups excluding carboxylic acids is 2. The van der Waals surface area contributed by atoms with Gasteiger partial charge in [0, 0.05) is 18.0 Å². The van der Waals surface area contributed by atoms with E-state index in [4.69, 9.17) is 0 Å². The van der Waals surface area contributed by atoms with E-state index in [0.717, 1.165) is 11.1 Å². The first-order chi connectivity index (χ1) is 13.0. The van der Waals surface area contributed by atoms with Gasteiger partial charge in [-0.1, -0.05) is 36.4 Å². The van der Waals surface area contributed by atoms with Crippen LogP contribution < -0.4 is 10.6 Å². The Bertz CT molecular complexity index is 1030. The Balaban J connectivity index is 1.74. The lowest BCUT2D eigenvalue weighted by Crippen LogP contribution is -2.23. The van der Waals surface area contributed by atoms with Gasteiger partial charge in [0.05, 0.1) is 9.88 Å². The van der Waals surface area contributed by atoms with Crippen molar-refractivity contribution in [3.63, 3.8) is 0 Å². The Morgan fingerprint density at radius 3 is 2.59 bits per heavy atom. The molecule has 2 aromatic carbocycles. The molecule has 6 heteroatoms. The van der Waals surface area contributed by atoms with E-state index >= 15 is 0 Å². The van der Waals surface area contributed by atoms with Crippen LogP contribution in [-0.4, -0.2) is 11.8 Å². The number of halogens is 1. The van der Waals surface area contributed by atoms with Gasteiger partial charge in [0.25, 0.3) is 5.91 Å². The average molecular weight is 380 g/mol. The van der Waals surface area contributed by atoms with Crippen LogP contribution in [0.25, 0.3) is 0 Å². The molecule has 0 aliphatic carbocycles. The van der Waals surface area contributed by atoms with Crippen LogP contribution in [-0.2, 0) is 4.79 Å². The molecule has 3 aromatic rings. The van der Waals surface area contributed by atoms with Crippen molar-refractivity contribution in [2.24, 2.45) is 0 Å². The van der Waals surface area contributed by atoms with Crippen LogP contribution in [0.1, 0.15) is 38.7 Å². The van der Waals surface area contributed by atoms with Crippen LogP contribution in [0.5, 0.6) is 0 Å². The predicted molar refractivity (Wildman–Crippen MR) is 105 cm³/mol. The molecular weight excluding hydrogens is 363 g/mol. The van der Waals surface area contributed by atoms with Gasteiger partial charge in [-0.15, -0.1) is 11.3 Å². The molecule has 0 saturated heterocycles. The number of anilines is 2. The maximum Gasteiger partial charge on any atom is 0.266 e. The first-order valence-electron chi connectivity index (χ1n) is 8.58. The zero-order chi connectivity index (χ0) is 19.0. The monoisotopic (exact) mass is 380 g/mol. The summed E-state index contributed by atoms with van der Waals surface area (Å²) in [5, 5.41) is 6.33. The van der Waals surface area contributed by atoms with Crippen LogP contribution in [0.3, 0.4) is 0 Å². The third kappa shape index (κ3) is 3.24. The largest absolute Gasteiger partial charge is 0.321 e. The van der Waals surface area contributed by atoms with Gasteiger partial charge in [0.1, 0.15) is 5.82 Å². The number of fused-ring (bicyclic) bond motifs is 1. The van der Waals surface area contributed by atoms with Crippen LogP contribution in [0, 0.1) is 12.7 Å². The minimum atomic E-state index is -0.399. The second kappa shape index (κ2) is 6.96. The molecule has 1 aromatic heterocycles. The summed E-state index contributed by atoms with van der Waals surface area (Å²) in [6.07, 6.45) is 0.158. The molecule has 0 bridgehead atoms. The highest BCUT2D eigenvalue weighted by molar-refractivity contribution is 7.18. The molecule has 2 N–H and O–H groups in total. The van der Waals surface area contributed by atoms with E-state index in [2.05, 4.69) is 10.6 Å². The van der Waals surface area contributed by atoms with Crippen molar-refractivity contribution in [1.82, 2.24) is 0 Å². The highest BCUT2D eigenvalue weighted by atomic mass is 32.1. The first kappa shape index (κ1) is 17.4. The maximum absolute atomic E-state index is 14.4. The van der Waals surface area contributed by atoms with E-state index in [1.807, 2.05) is 37.3 Å². The Morgan fingerprint density at radius 1 is 1.15 bits per heavy atom. The van der Waals surface area contributed by atoms with Crippen molar-refractivity contribution in [2.45, 2.75) is 19.3 Å². The van der Waals surface area contributed by atoms with Gasteiger partial charge in [-0.3, -0.25) is 9.59 Å². The Morgan fingerprint density at radius 2 is 1.85 bits per heavy atom. The third-order valence-corrected chi connectivity index (χ3v) is 5.92. The fourth-order valence-corrected chi connectivity index (χ4v) is 4.63. The lowest BCUT2D eigenvalue weighted by Gasteiger charge is -2.24. The number of rotatable bonds is 3. The van der Waals surface area contributed by atoms with Crippen molar-refractivity contribution in [3.8, 4) is 0 Å². The van der Waals surface area contributed by atoms with Crippen molar-refractivity contribution >= 4 is 33.8 Å². The second-order valence-electron chi connectivity index (χ2n) is 6.45. The van der Waals surface area contributed by atoms with Crippen molar-refractivity contribution < 1.29 is 14.0 Å². The fraction of sp³-hybridized carbons (Fsp3) is 0.143. The fourth-order valence-electron chi connectivity index (χ4n) is 3.45. The van der Waals surface area contributed by atoms with Gasteiger partial charge in [0.15, 0.2) is 0 Å². The molecule has 1 aliphatic rings. The normalized spacial score (nSPS) is 15.8. The summed E-state index contributed by atoms with van der Waals surface area (Å²) in [5.41, 5.74) is 2.77. The molecule has 2 amide bonds. The van der Waals surface area contributed by atoms with Gasteiger partial charge in [0.2, 0.25) is 5.91 Å². The first-order valence-corrected chi connectivity index (χ1v) is 9.40. The van der Waals surface area contributed by atoms with Crippen LogP contribution in [0.4, 0.5) is 15.1 Å². The lowest BCUT2D eigenvalue weighted by molar-refractivity contribution is -0.116. The third-order valence-electron chi connectivity index (χ3n) is 4.70. The summed E-state index contributed by atoms with van der Waals surface area (Å²) in [6, 6.07) is 15.7. The van der Waals surface area contributed by atoms with E-state index in [-0.39, 0.29) is 24.1 Å². The quantitative estimate of drug-likeness (QED) is 0.677. The van der Waals surface area contributed by atoms with Gasteiger partial charge in [-0.25, -0.2) is 4.39 Å². The summed E-state index contributed by atoms with van der Waals surface area (Å²) in [5.74, 6) is -1.15. The molecule has 4 nitrogen and oxygen atoms in total. The van der Waals surface area contributed by atoms with Crippen LogP contribution in [0.2, 0.25) is 0 Å². The number of thiophene rings is 1. The molecule has 1 atom stereocenters. The van der Waals surface area contributed by atoms with Crippen LogP contribution >= 0.6 is 11.3 Å². The van der Waals surface area contributed by atoms with Crippen molar-refractivity contribution in [3.05, 3.63) is 82.0 Å². The lowest BCUT2D eigenvalue weighted by atomic mass is 9.84. The molecule has 136 valence electrons. The van der Waals surface area contributed by atoms with Crippen LogP contribution in [0.15, 0.2) is 54.6 Å². The molecular formula is C21H17FN2O2S. The number of amides is 2. The SMILES string of the molecule is Cc1c(C(=O)Nc2ccccc2)sc2c1[C@@H](c1ccccc1F)CC(=O)N2. The van der Waals surface area contributed by atoms with Crippen molar-refractivity contribution in [1.29, 1.82) is 0 Å². The highest BCUT2D eigenvalue weighted by Gasteiger charge is 2.34. The summed E-state index contributed by atoms with van der Waals surface area (Å²) < 4.78 is 14.4. The highest BCUT2D eigenvalue weighted by Crippen LogP contribution is 2.45. The average Bonchev–Trinajstić information content (AvgIpc) is 2.99. The molecule has 1 aliphatic heterocycles. The zero-order valence-electron chi connectivity index (χ0n) is 14.6. The topological polar surface area (TPSA) is 58.2 Å². The Hall–Kier alpha value is -2.99. The summed E-state index contributed by atoms with van der Waals surface area (Å²) in [7, 11) is 0.